The molecule has 10 heavy (non-hydrogen) atoms. The lowest BCUT2D eigenvalue weighted by atomic mass is 10.0. The van der Waals surface area contributed by atoms with Crippen molar-refractivity contribution < 1.29 is 0 Å². The number of nitrogens with zero attached hydrogens (tertiary/aromatic N) is 1. The summed E-state index contributed by atoms with van der Waals surface area (Å²) in [4.78, 5) is 2.55. The van der Waals surface area contributed by atoms with Crippen LogP contribution in [0.2, 0.25) is 0 Å². The van der Waals surface area contributed by atoms with Crippen LogP contribution >= 0.6 is 0 Å². The van der Waals surface area contributed by atoms with E-state index in [2.05, 4.69) is 32.7 Å². The summed E-state index contributed by atoms with van der Waals surface area (Å²) in [6, 6.07) is 1.74. The lowest BCUT2D eigenvalue weighted by molar-refractivity contribution is 0.232. The molecule has 3 atom stereocenters. The minimum absolute atomic E-state index is 0.640. The van der Waals surface area contributed by atoms with Crippen LogP contribution in [0.25, 0.3) is 0 Å². The van der Waals surface area contributed by atoms with Gasteiger partial charge in [-0.3, -0.25) is 4.90 Å². The van der Waals surface area contributed by atoms with Gasteiger partial charge in [-0.2, -0.15) is 0 Å². The third-order valence-electron chi connectivity index (χ3n) is 3.72. The molecule has 1 heteroatoms. The fourth-order valence-electron chi connectivity index (χ4n) is 2.76. The highest BCUT2D eigenvalue weighted by Gasteiger charge is 2.64. The molecule has 0 spiro atoms. The van der Waals surface area contributed by atoms with Crippen LogP contribution in [0.5, 0.6) is 0 Å². The molecule has 0 aromatic heterocycles. The van der Waals surface area contributed by atoms with Crippen LogP contribution in [0, 0.1) is 11.3 Å². The summed E-state index contributed by atoms with van der Waals surface area (Å²) in [5.74, 6) is 1.01. The zero-order valence-electron chi connectivity index (χ0n) is 7.39. The van der Waals surface area contributed by atoms with Crippen molar-refractivity contribution in [1.82, 2.24) is 4.90 Å². The smallest absolute Gasteiger partial charge is 0.0184 e. The monoisotopic (exact) mass is 139 g/mol. The molecule has 0 amide bonds. The van der Waals surface area contributed by atoms with Crippen LogP contribution in [-0.4, -0.2) is 24.0 Å². The molecule has 2 rings (SSSR count). The summed E-state index contributed by atoms with van der Waals surface area (Å²) in [6.07, 6.45) is 1.42. The Kier molecular flexibility index (Phi) is 1.05. The molecule has 0 radical (unpaired) electrons. The zero-order chi connectivity index (χ0) is 7.52. The van der Waals surface area contributed by atoms with Gasteiger partial charge >= 0.3 is 0 Å². The fourth-order valence-corrected chi connectivity index (χ4v) is 2.76. The van der Waals surface area contributed by atoms with Crippen LogP contribution in [0.1, 0.15) is 27.2 Å². The van der Waals surface area contributed by atoms with Crippen molar-refractivity contribution in [3.63, 3.8) is 0 Å². The Morgan fingerprint density at radius 3 is 2.30 bits per heavy atom. The van der Waals surface area contributed by atoms with Gasteiger partial charge in [0, 0.05) is 12.1 Å². The van der Waals surface area contributed by atoms with Gasteiger partial charge in [-0.1, -0.05) is 13.8 Å². The molecule has 1 aliphatic heterocycles. The third kappa shape index (κ3) is 0.572. The van der Waals surface area contributed by atoms with Crippen LogP contribution in [0.3, 0.4) is 0 Å². The SMILES string of the molecule is CC1CC2C(N1C)C2(C)C. The van der Waals surface area contributed by atoms with E-state index in [-0.39, 0.29) is 0 Å². The number of hydrogen-bond acceptors (Lipinski definition) is 1. The van der Waals surface area contributed by atoms with Crippen LogP contribution in [0.15, 0.2) is 0 Å². The molecule has 0 aromatic rings. The molecule has 1 heterocycles. The Morgan fingerprint density at radius 1 is 1.40 bits per heavy atom. The molecular weight excluding hydrogens is 122 g/mol. The first-order chi connectivity index (χ1) is 4.55. The molecule has 2 fully saturated rings. The Morgan fingerprint density at radius 2 is 2.00 bits per heavy atom. The van der Waals surface area contributed by atoms with E-state index in [4.69, 9.17) is 0 Å². The van der Waals surface area contributed by atoms with Crippen molar-refractivity contribution in [3.05, 3.63) is 0 Å². The van der Waals surface area contributed by atoms with Gasteiger partial charge in [-0.05, 0) is 31.7 Å². The first-order valence-corrected chi connectivity index (χ1v) is 4.27. The van der Waals surface area contributed by atoms with Crippen LogP contribution in [0.4, 0.5) is 0 Å². The van der Waals surface area contributed by atoms with Crippen LogP contribution < -0.4 is 0 Å². The van der Waals surface area contributed by atoms with Gasteiger partial charge in [0.25, 0.3) is 0 Å². The Labute approximate surface area is 63.4 Å². The maximum atomic E-state index is 2.55. The summed E-state index contributed by atoms with van der Waals surface area (Å²) >= 11 is 0. The van der Waals surface area contributed by atoms with E-state index in [1.54, 1.807) is 0 Å². The van der Waals surface area contributed by atoms with Gasteiger partial charge in [0.05, 0.1) is 0 Å². The number of rotatable bonds is 0. The van der Waals surface area contributed by atoms with E-state index in [1.807, 2.05) is 0 Å². The molecule has 0 N–H and O–H groups in total. The Hall–Kier alpha value is -0.0400. The minimum atomic E-state index is 0.640. The largest absolute Gasteiger partial charge is 0.300 e. The maximum Gasteiger partial charge on any atom is 0.0184 e. The molecule has 3 unspecified atom stereocenters. The second-order valence-corrected chi connectivity index (χ2v) is 4.62. The number of likely N-dealkylation sites (tertiary alicyclic amines) is 1. The summed E-state index contributed by atoms with van der Waals surface area (Å²) in [6.45, 7) is 7.12. The predicted octanol–water partition coefficient (Wildman–Crippen LogP) is 1.74. The average molecular weight is 139 g/mol. The van der Waals surface area contributed by atoms with E-state index >= 15 is 0 Å². The molecule has 1 nitrogen and oxygen atoms in total. The molecule has 1 aliphatic carbocycles. The van der Waals surface area contributed by atoms with Gasteiger partial charge in [-0.15, -0.1) is 0 Å². The fraction of sp³-hybridized carbons (Fsp3) is 1.00. The number of fused-ring (bicyclic) bond motifs is 1. The van der Waals surface area contributed by atoms with E-state index in [9.17, 15) is 0 Å². The van der Waals surface area contributed by atoms with Crippen molar-refractivity contribution in [2.24, 2.45) is 11.3 Å². The zero-order valence-corrected chi connectivity index (χ0v) is 7.39. The van der Waals surface area contributed by atoms with Crippen molar-refractivity contribution in [1.29, 1.82) is 0 Å². The summed E-state index contributed by atoms with van der Waals surface area (Å²) < 4.78 is 0. The highest BCUT2D eigenvalue weighted by atomic mass is 15.2. The van der Waals surface area contributed by atoms with Crippen molar-refractivity contribution in [3.8, 4) is 0 Å². The summed E-state index contributed by atoms with van der Waals surface area (Å²) in [7, 11) is 2.27. The minimum Gasteiger partial charge on any atom is -0.300 e. The van der Waals surface area contributed by atoms with Crippen molar-refractivity contribution in [2.75, 3.05) is 7.05 Å². The van der Waals surface area contributed by atoms with E-state index in [0.717, 1.165) is 18.0 Å². The first-order valence-electron chi connectivity index (χ1n) is 4.27. The second kappa shape index (κ2) is 1.58. The van der Waals surface area contributed by atoms with Gasteiger partial charge in [0.15, 0.2) is 0 Å². The van der Waals surface area contributed by atoms with Gasteiger partial charge < -0.3 is 0 Å². The molecule has 58 valence electrons. The summed E-state index contributed by atoms with van der Waals surface area (Å²) in [5.41, 5.74) is 0.640. The Bertz CT molecular complexity index is 160. The van der Waals surface area contributed by atoms with Crippen molar-refractivity contribution >= 4 is 0 Å². The third-order valence-corrected chi connectivity index (χ3v) is 3.72. The number of piperidine rings is 1. The maximum absolute atomic E-state index is 2.55. The molecule has 1 saturated heterocycles. The standard InChI is InChI=1S/C9H17N/c1-6-5-7-8(10(6)4)9(7,2)3/h6-8H,5H2,1-4H3. The van der Waals surface area contributed by atoms with E-state index < -0.39 is 0 Å². The van der Waals surface area contributed by atoms with Gasteiger partial charge in [-0.25, -0.2) is 0 Å². The van der Waals surface area contributed by atoms with Gasteiger partial charge in [0.1, 0.15) is 0 Å². The first kappa shape index (κ1) is 6.66. The predicted molar refractivity (Wildman–Crippen MR) is 42.9 cm³/mol. The normalized spacial score (nSPS) is 51.0. The van der Waals surface area contributed by atoms with E-state index in [1.165, 1.54) is 6.42 Å². The highest BCUT2D eigenvalue weighted by Crippen LogP contribution is 2.61. The second-order valence-electron chi connectivity index (χ2n) is 4.62. The molecular formula is C9H17N. The van der Waals surface area contributed by atoms with Gasteiger partial charge in [0.2, 0.25) is 0 Å². The summed E-state index contributed by atoms with van der Waals surface area (Å²) in [5, 5.41) is 0. The molecule has 0 bridgehead atoms. The highest BCUT2D eigenvalue weighted by molar-refractivity contribution is 5.16. The Balaban J connectivity index is 2.13. The lowest BCUT2D eigenvalue weighted by Crippen LogP contribution is -2.30. The van der Waals surface area contributed by atoms with E-state index in [0.29, 0.717) is 5.41 Å². The average Bonchev–Trinajstić information content (AvgIpc) is 2.12. The van der Waals surface area contributed by atoms with Crippen LogP contribution in [-0.2, 0) is 0 Å². The molecule has 2 aliphatic rings. The quantitative estimate of drug-likeness (QED) is 0.494. The lowest BCUT2D eigenvalue weighted by Gasteiger charge is -2.23. The molecule has 1 saturated carbocycles. The molecule has 0 aromatic carbocycles. The topological polar surface area (TPSA) is 3.24 Å². The number of hydrogen-bond donors (Lipinski definition) is 0. The van der Waals surface area contributed by atoms with Crippen molar-refractivity contribution in [2.45, 2.75) is 39.3 Å².